The second-order valence-electron chi connectivity index (χ2n) is 15.0. The molecule has 2 aliphatic rings. The zero-order valence-electron chi connectivity index (χ0n) is 32.8. The first-order valence-corrected chi connectivity index (χ1v) is 20.6. The minimum atomic E-state index is -0.985. The zero-order valence-corrected chi connectivity index (χ0v) is 33.6. The van der Waals surface area contributed by atoms with Crippen molar-refractivity contribution < 1.29 is 33.9 Å². The van der Waals surface area contributed by atoms with Gasteiger partial charge in [-0.05, 0) is 63.3 Å². The van der Waals surface area contributed by atoms with E-state index in [4.69, 9.17) is 4.74 Å². The molecule has 0 radical (unpaired) electrons. The van der Waals surface area contributed by atoms with E-state index in [2.05, 4.69) is 101 Å². The minimum absolute atomic E-state index is 0.0714. The van der Waals surface area contributed by atoms with Crippen molar-refractivity contribution in [3.8, 4) is 0 Å². The van der Waals surface area contributed by atoms with Crippen LogP contribution in [0.3, 0.4) is 0 Å². The Balaban J connectivity index is 1.16. The van der Waals surface area contributed by atoms with Crippen LogP contribution in [0.1, 0.15) is 22.3 Å². The predicted molar refractivity (Wildman–Crippen MR) is 241 cm³/mol. The number of benzene rings is 7. The molecule has 0 aromatic heterocycles. The summed E-state index contributed by atoms with van der Waals surface area (Å²) in [5.41, 5.74) is 4.26. The lowest BCUT2D eigenvalue weighted by atomic mass is 9.97. The molecule has 1 unspecified atom stereocenters. The highest BCUT2D eigenvalue weighted by molar-refractivity contribution is 8.04. The Morgan fingerprint density at radius 2 is 1.32 bits per heavy atom. The van der Waals surface area contributed by atoms with E-state index in [1.807, 2.05) is 54.6 Å². The number of hydrogen-bond donors (Lipinski definition) is 2. The Morgan fingerprint density at radius 3 is 1.97 bits per heavy atom. The van der Waals surface area contributed by atoms with Gasteiger partial charge in [-0.25, -0.2) is 4.79 Å². The molecule has 0 spiro atoms. The van der Waals surface area contributed by atoms with Crippen LogP contribution in [0.15, 0.2) is 162 Å². The third-order valence-corrected chi connectivity index (χ3v) is 12.7. The Hall–Kier alpha value is -7.01. The molecule has 0 saturated carbocycles. The highest BCUT2D eigenvalue weighted by Gasteiger charge is 2.51. The SMILES string of the molecule is C[N+]1(Cc2ccc(C(=O)O)cc2)C(/C=C/C=C/C=C2/Sc3c(c4ccccc4c4ccccc34)N2CCOC=O)=[N+](CCC(=O)O)c2c1c1ccccc1c1ccccc21. The molecule has 1 atom stereocenters. The van der Waals surface area contributed by atoms with Crippen LogP contribution >= 0.6 is 11.8 Å². The number of nitrogens with zero attached hydrogens (tertiary/aromatic N) is 3. The molecule has 0 aliphatic carbocycles. The second kappa shape index (κ2) is 16.0. The number of hydrogen-bond acceptors (Lipinski definition) is 6. The summed E-state index contributed by atoms with van der Waals surface area (Å²) < 4.78 is 7.67. The maximum absolute atomic E-state index is 12.2. The van der Waals surface area contributed by atoms with Crippen LogP contribution in [0.5, 0.6) is 0 Å². The van der Waals surface area contributed by atoms with Crippen LogP contribution < -0.4 is 9.38 Å². The molecule has 7 aromatic rings. The van der Waals surface area contributed by atoms with Crippen LogP contribution in [0.2, 0.25) is 0 Å². The summed E-state index contributed by atoms with van der Waals surface area (Å²) in [6.07, 6.45) is 10.1. The standard InChI is InChI=1S/C50H39N3O6S/c1-53(31-33-23-25-34(26-24-33)50(57)58)43(51(28-27-45(55)56)46-39-17-9-5-13-35(39)37-15-7-11-19-41(37)48(46)53)21-3-2-4-22-44-52(29-30-59-32-54)47-40-18-10-6-14-36(40)38-16-8-12-20-42(38)49(47)60-44/h2-26,32H,27-31H2,1H3/p+2. The molecule has 10 heteroatoms. The van der Waals surface area contributed by atoms with Crippen molar-refractivity contribution in [2.45, 2.75) is 17.9 Å². The lowest BCUT2D eigenvalue weighted by Gasteiger charge is -2.27. The van der Waals surface area contributed by atoms with Crippen molar-refractivity contribution in [2.75, 3.05) is 31.6 Å². The van der Waals surface area contributed by atoms with Gasteiger partial charge in [-0.15, -0.1) is 4.58 Å². The molecular weight excluding hydrogens is 771 g/mol. The summed E-state index contributed by atoms with van der Waals surface area (Å²) in [5.74, 6) is -0.983. The molecule has 9 rings (SSSR count). The molecule has 0 fully saturated rings. The fourth-order valence-electron chi connectivity index (χ4n) is 8.95. The molecule has 296 valence electrons. The molecule has 9 nitrogen and oxygen atoms in total. The first-order chi connectivity index (χ1) is 29.3. The van der Waals surface area contributed by atoms with Crippen LogP contribution in [0, 0.1) is 0 Å². The monoisotopic (exact) mass is 811 g/mol. The van der Waals surface area contributed by atoms with Crippen molar-refractivity contribution in [1.29, 1.82) is 0 Å². The van der Waals surface area contributed by atoms with E-state index in [1.165, 1.54) is 5.39 Å². The van der Waals surface area contributed by atoms with E-state index in [9.17, 15) is 24.6 Å². The zero-order chi connectivity index (χ0) is 41.4. The largest absolute Gasteiger partial charge is 0.481 e. The molecule has 2 N–H and O–H groups in total. The van der Waals surface area contributed by atoms with Gasteiger partial charge in [0.2, 0.25) is 5.69 Å². The smallest absolute Gasteiger partial charge is 0.374 e. The summed E-state index contributed by atoms with van der Waals surface area (Å²) >= 11 is 1.70. The highest BCUT2D eigenvalue weighted by atomic mass is 32.2. The topological polar surface area (TPSA) is 107 Å². The van der Waals surface area contributed by atoms with E-state index in [-0.39, 0.29) is 25.1 Å². The number of ether oxygens (including phenoxy) is 1. The lowest BCUT2D eigenvalue weighted by Crippen LogP contribution is -2.49. The number of likely N-dealkylation sites (N-methyl/N-ethyl adjacent to an activating group) is 1. The Morgan fingerprint density at radius 1 is 0.733 bits per heavy atom. The quantitative estimate of drug-likeness (QED) is 0.0296. The van der Waals surface area contributed by atoms with Gasteiger partial charge in [0.1, 0.15) is 19.6 Å². The lowest BCUT2D eigenvalue weighted by molar-refractivity contribution is -0.435. The van der Waals surface area contributed by atoms with Gasteiger partial charge < -0.3 is 19.8 Å². The number of allylic oxidation sites excluding steroid dienone is 4. The van der Waals surface area contributed by atoms with Gasteiger partial charge in [0.15, 0.2) is 6.54 Å². The minimum Gasteiger partial charge on any atom is -0.481 e. The number of thioether (sulfide) groups is 1. The number of fused-ring (bicyclic) bond motifs is 12. The number of rotatable bonds is 13. The summed E-state index contributed by atoms with van der Waals surface area (Å²) in [6, 6.07) is 40.4. The maximum Gasteiger partial charge on any atom is 0.374 e. The van der Waals surface area contributed by atoms with E-state index < -0.39 is 11.9 Å². The number of carboxylic acid groups (broad SMARTS) is 2. The van der Waals surface area contributed by atoms with Crippen molar-refractivity contribution in [3.63, 3.8) is 0 Å². The van der Waals surface area contributed by atoms with Crippen LogP contribution in [-0.4, -0.2) is 65.8 Å². The average molecular weight is 812 g/mol. The number of carbonyl (C=O) groups is 3. The second-order valence-corrected chi connectivity index (χ2v) is 16.1. The molecule has 2 heterocycles. The van der Waals surface area contributed by atoms with E-state index in [0.717, 1.165) is 76.1 Å². The Labute approximate surface area is 350 Å². The van der Waals surface area contributed by atoms with Gasteiger partial charge in [-0.1, -0.05) is 121 Å². The number of amidine groups is 1. The van der Waals surface area contributed by atoms with Gasteiger partial charge in [-0.3, -0.25) is 9.59 Å². The first-order valence-electron chi connectivity index (χ1n) is 19.8. The van der Waals surface area contributed by atoms with Gasteiger partial charge in [-0.2, -0.15) is 4.48 Å². The molecule has 7 aromatic carbocycles. The molecular formula is C50H41N3O6S+2. The number of carbonyl (C=O) groups excluding carboxylic acids is 1. The summed E-state index contributed by atoms with van der Waals surface area (Å²) in [6.45, 7) is 1.93. The number of carboxylic acids is 2. The first kappa shape index (κ1) is 38.5. The fourth-order valence-corrected chi connectivity index (χ4v) is 10.2. The molecule has 0 saturated heterocycles. The van der Waals surface area contributed by atoms with Crippen molar-refractivity contribution >= 4 is 96.2 Å². The molecule has 60 heavy (non-hydrogen) atoms. The summed E-state index contributed by atoms with van der Waals surface area (Å²) in [7, 11) is 2.15. The Bertz CT molecular complexity index is 3020. The van der Waals surface area contributed by atoms with Gasteiger partial charge in [0, 0.05) is 15.8 Å². The van der Waals surface area contributed by atoms with Gasteiger partial charge in [0.25, 0.3) is 12.2 Å². The van der Waals surface area contributed by atoms with Crippen LogP contribution in [0.25, 0.3) is 43.1 Å². The van der Waals surface area contributed by atoms with Crippen LogP contribution in [-0.2, 0) is 20.9 Å². The summed E-state index contributed by atoms with van der Waals surface area (Å²) in [5, 5.41) is 29.6. The number of anilines is 1. The normalized spacial score (nSPS) is 16.9. The van der Waals surface area contributed by atoms with Crippen molar-refractivity contribution in [1.82, 2.24) is 4.48 Å². The van der Waals surface area contributed by atoms with Gasteiger partial charge in [0.05, 0.1) is 46.7 Å². The van der Waals surface area contributed by atoms with E-state index in [0.29, 0.717) is 24.0 Å². The fraction of sp³-hybridized carbons (Fsp3) is 0.120. The van der Waals surface area contributed by atoms with Crippen molar-refractivity contribution in [2.24, 2.45) is 0 Å². The molecule has 0 bridgehead atoms. The molecule has 2 aliphatic heterocycles. The average Bonchev–Trinajstić information content (AvgIpc) is 3.75. The van der Waals surface area contributed by atoms with Crippen LogP contribution in [0.4, 0.5) is 17.1 Å². The number of aromatic carboxylic acids is 1. The van der Waals surface area contributed by atoms with E-state index in [1.54, 1.807) is 23.9 Å². The maximum atomic E-state index is 12.2. The van der Waals surface area contributed by atoms with Crippen molar-refractivity contribution in [3.05, 3.63) is 168 Å². The third-order valence-electron chi connectivity index (χ3n) is 11.5. The van der Waals surface area contributed by atoms with Gasteiger partial charge >= 0.3 is 17.8 Å². The number of aliphatic carboxylic acids is 1. The third kappa shape index (κ3) is 6.69. The van der Waals surface area contributed by atoms with E-state index >= 15 is 0 Å². The predicted octanol–water partition coefficient (Wildman–Crippen LogP) is 10.4. The highest BCUT2D eigenvalue weighted by Crippen LogP contribution is 2.54. The number of quaternary nitrogens is 1. The Kier molecular flexibility index (Phi) is 10.3. The summed E-state index contributed by atoms with van der Waals surface area (Å²) in [4.78, 5) is 38.5. The molecule has 0 amide bonds.